The van der Waals surface area contributed by atoms with Crippen molar-refractivity contribution in [1.29, 1.82) is 5.26 Å². The van der Waals surface area contributed by atoms with Crippen LogP contribution in [0.5, 0.6) is 0 Å². The topological polar surface area (TPSA) is 91.4 Å². The Bertz CT molecular complexity index is 1520. The van der Waals surface area contributed by atoms with Gasteiger partial charge in [0.05, 0.1) is 33.8 Å². The lowest BCUT2D eigenvalue weighted by Crippen LogP contribution is -2.46. The van der Waals surface area contributed by atoms with Crippen molar-refractivity contribution in [3.63, 3.8) is 0 Å². The van der Waals surface area contributed by atoms with E-state index in [1.807, 2.05) is 57.3 Å². The molecule has 1 aliphatic heterocycles. The molecule has 5 rings (SSSR count). The molecule has 1 saturated heterocycles. The van der Waals surface area contributed by atoms with Crippen LogP contribution in [0.25, 0.3) is 32.2 Å². The molecule has 192 valence electrons. The van der Waals surface area contributed by atoms with Crippen LogP contribution in [-0.4, -0.2) is 44.3 Å². The molecule has 0 atom stereocenters. The third-order valence-electron chi connectivity index (χ3n) is 6.82. The molecule has 3 aromatic heterocycles. The van der Waals surface area contributed by atoms with Gasteiger partial charge in [0.1, 0.15) is 5.60 Å². The third kappa shape index (κ3) is 5.04. The highest BCUT2D eigenvalue weighted by molar-refractivity contribution is 7.19. The Balaban J connectivity index is 1.50. The summed E-state index contributed by atoms with van der Waals surface area (Å²) in [6.07, 6.45) is 4.58. The number of aromatic nitrogens is 2. The molecule has 0 unspecified atom stereocenters. The fourth-order valence-corrected chi connectivity index (χ4v) is 6.23. The quantitative estimate of drug-likeness (QED) is 0.317. The van der Waals surface area contributed by atoms with E-state index in [1.165, 1.54) is 11.3 Å². The van der Waals surface area contributed by atoms with Crippen LogP contribution in [0, 0.1) is 16.7 Å². The van der Waals surface area contributed by atoms with E-state index in [0.29, 0.717) is 37.5 Å². The highest BCUT2D eigenvalue weighted by atomic mass is 35.5. The van der Waals surface area contributed by atoms with Gasteiger partial charge < -0.3 is 19.3 Å². The minimum absolute atomic E-state index is 0.0349. The Morgan fingerprint density at radius 1 is 1.24 bits per heavy atom. The number of carbonyl (C=O) groups is 1. The summed E-state index contributed by atoms with van der Waals surface area (Å²) in [5.74, 6) is 0. The number of fused-ring (bicyclic) bond motifs is 2. The van der Waals surface area contributed by atoms with Gasteiger partial charge in [0, 0.05) is 58.4 Å². The zero-order chi connectivity index (χ0) is 26.4. The predicted molar refractivity (Wildman–Crippen MR) is 147 cm³/mol. The summed E-state index contributed by atoms with van der Waals surface area (Å²) in [6.45, 7) is 6.98. The lowest BCUT2D eigenvalue weighted by Gasteiger charge is -2.38. The number of rotatable bonds is 4. The van der Waals surface area contributed by atoms with Crippen LogP contribution in [0.15, 0.2) is 42.7 Å². The number of benzene rings is 1. The molecular formula is C28H29ClN4O3S. The molecule has 0 spiro atoms. The van der Waals surface area contributed by atoms with E-state index in [4.69, 9.17) is 16.3 Å². The van der Waals surface area contributed by atoms with Gasteiger partial charge in [-0.1, -0.05) is 11.6 Å². The van der Waals surface area contributed by atoms with Crippen LogP contribution in [0.2, 0.25) is 5.02 Å². The number of hydrogen-bond donors (Lipinski definition) is 1. The van der Waals surface area contributed by atoms with Crippen molar-refractivity contribution in [2.45, 2.75) is 52.4 Å². The van der Waals surface area contributed by atoms with Crippen molar-refractivity contribution >= 4 is 50.2 Å². The summed E-state index contributed by atoms with van der Waals surface area (Å²) in [6, 6.07) is 12.4. The normalized spacial score (nSPS) is 15.7. The van der Waals surface area contributed by atoms with E-state index in [9.17, 15) is 15.2 Å². The van der Waals surface area contributed by atoms with Gasteiger partial charge in [-0.2, -0.15) is 5.26 Å². The fraction of sp³-hybridized carbons (Fsp3) is 0.393. The van der Waals surface area contributed by atoms with E-state index in [1.54, 1.807) is 11.1 Å². The molecule has 0 bridgehead atoms. The first-order valence-electron chi connectivity index (χ1n) is 12.3. The first kappa shape index (κ1) is 25.5. The van der Waals surface area contributed by atoms with Gasteiger partial charge in [0.25, 0.3) is 0 Å². The average Bonchev–Trinajstić information content (AvgIpc) is 3.46. The number of carbonyl (C=O) groups excluding carboxylic acids is 1. The molecule has 4 aromatic rings. The van der Waals surface area contributed by atoms with Crippen molar-refractivity contribution in [1.82, 2.24) is 14.5 Å². The summed E-state index contributed by atoms with van der Waals surface area (Å²) in [4.78, 5) is 19.6. The molecule has 0 radical (unpaired) electrons. The van der Waals surface area contributed by atoms with Crippen molar-refractivity contribution in [2.75, 3.05) is 13.1 Å². The smallest absolute Gasteiger partial charge is 0.410 e. The Morgan fingerprint density at radius 3 is 2.68 bits per heavy atom. The monoisotopic (exact) mass is 536 g/mol. The van der Waals surface area contributed by atoms with Crippen LogP contribution >= 0.6 is 22.9 Å². The van der Waals surface area contributed by atoms with Crippen molar-refractivity contribution in [2.24, 2.45) is 5.41 Å². The largest absolute Gasteiger partial charge is 0.444 e. The molecule has 9 heteroatoms. The fourth-order valence-electron chi connectivity index (χ4n) is 5.00. The molecule has 37 heavy (non-hydrogen) atoms. The highest BCUT2D eigenvalue weighted by Gasteiger charge is 2.38. The van der Waals surface area contributed by atoms with Gasteiger partial charge in [-0.25, -0.2) is 4.79 Å². The van der Waals surface area contributed by atoms with Gasteiger partial charge in [-0.15, -0.1) is 11.3 Å². The van der Waals surface area contributed by atoms with Crippen molar-refractivity contribution < 1.29 is 14.6 Å². The second-order valence-electron chi connectivity index (χ2n) is 10.6. The summed E-state index contributed by atoms with van der Waals surface area (Å²) in [5, 5.41) is 21.6. The maximum Gasteiger partial charge on any atom is 0.410 e. The number of nitriles is 1. The molecule has 1 aliphatic rings. The Hall–Kier alpha value is -3.12. The number of pyridine rings is 1. The highest BCUT2D eigenvalue weighted by Crippen LogP contribution is 2.41. The average molecular weight is 537 g/mol. The third-order valence-corrected chi connectivity index (χ3v) is 8.18. The van der Waals surface area contributed by atoms with Gasteiger partial charge in [0.2, 0.25) is 0 Å². The summed E-state index contributed by atoms with van der Waals surface area (Å²) < 4.78 is 8.66. The molecule has 0 aliphatic carbocycles. The summed E-state index contributed by atoms with van der Waals surface area (Å²) in [7, 11) is 0. The van der Waals surface area contributed by atoms with Crippen LogP contribution in [0.3, 0.4) is 0 Å². The Kier molecular flexibility index (Phi) is 6.65. The maximum absolute atomic E-state index is 12.6. The number of likely N-dealkylation sites (tertiary alicyclic amines) is 1. The van der Waals surface area contributed by atoms with Crippen LogP contribution in [0.4, 0.5) is 4.79 Å². The zero-order valence-electron chi connectivity index (χ0n) is 21.1. The molecular weight excluding hydrogens is 508 g/mol. The van der Waals surface area contributed by atoms with E-state index in [0.717, 1.165) is 37.1 Å². The number of thiophene rings is 1. The van der Waals surface area contributed by atoms with E-state index in [2.05, 4.69) is 15.6 Å². The van der Waals surface area contributed by atoms with Gasteiger partial charge in [-0.05, 0) is 63.9 Å². The van der Waals surface area contributed by atoms with Crippen molar-refractivity contribution in [3.8, 4) is 17.2 Å². The molecule has 1 fully saturated rings. The minimum Gasteiger partial charge on any atom is -0.444 e. The predicted octanol–water partition coefficient (Wildman–Crippen LogP) is 6.60. The van der Waals surface area contributed by atoms with Crippen LogP contribution in [0.1, 0.15) is 38.5 Å². The molecule has 7 nitrogen and oxygen atoms in total. The zero-order valence-corrected chi connectivity index (χ0v) is 22.7. The van der Waals surface area contributed by atoms with Crippen LogP contribution in [-0.2, 0) is 17.9 Å². The maximum atomic E-state index is 12.6. The number of nitrogens with zero attached hydrogens (tertiary/aromatic N) is 4. The molecule has 1 amide bonds. The van der Waals surface area contributed by atoms with Gasteiger partial charge >= 0.3 is 6.09 Å². The molecule has 0 saturated carbocycles. The number of amides is 1. The molecule has 1 aromatic carbocycles. The van der Waals surface area contributed by atoms with Crippen molar-refractivity contribution in [3.05, 3.63) is 52.6 Å². The summed E-state index contributed by atoms with van der Waals surface area (Å²) in [5.41, 5.74) is 2.63. The standard InChI is InChI=1S/C28H29ClN4O3S/c1-27(2,3)36-26(35)32-10-6-28(16-30,7-11-32)17-33-9-5-18-12-19(29)13-22(24(18)33)21-4-8-31-23-14-20(15-34)37-25(21)23/h4-5,8-9,12-14,34H,6-7,10-11,15,17H2,1-3H3. The second kappa shape index (κ2) is 9.64. The molecule has 4 heterocycles. The number of aliphatic hydroxyl groups is 1. The lowest BCUT2D eigenvalue weighted by molar-refractivity contribution is 0.0137. The first-order valence-corrected chi connectivity index (χ1v) is 13.5. The van der Waals surface area contributed by atoms with E-state index < -0.39 is 11.0 Å². The lowest BCUT2D eigenvalue weighted by atomic mass is 9.79. The first-order chi connectivity index (χ1) is 17.6. The van der Waals surface area contributed by atoms with Gasteiger partial charge in [0.15, 0.2) is 0 Å². The Labute approximate surface area is 224 Å². The number of halogens is 1. The van der Waals surface area contributed by atoms with E-state index >= 15 is 0 Å². The van der Waals surface area contributed by atoms with Gasteiger partial charge in [-0.3, -0.25) is 4.98 Å². The SMILES string of the molecule is CC(C)(C)OC(=O)N1CCC(C#N)(Cn2ccc3cc(Cl)cc(-c4ccnc5cc(CO)sc45)c32)CC1. The number of piperidine rings is 1. The van der Waals surface area contributed by atoms with E-state index in [-0.39, 0.29) is 12.7 Å². The Morgan fingerprint density at radius 2 is 2.00 bits per heavy atom. The number of hydrogen-bond acceptors (Lipinski definition) is 6. The second-order valence-corrected chi connectivity index (χ2v) is 12.2. The van der Waals surface area contributed by atoms with Crippen LogP contribution < -0.4 is 0 Å². The molecule has 1 N–H and O–H groups in total. The number of ether oxygens (including phenoxy) is 1. The number of aliphatic hydroxyl groups excluding tert-OH is 1. The summed E-state index contributed by atoms with van der Waals surface area (Å²) >= 11 is 8.06. The minimum atomic E-state index is -0.609.